The molecule has 0 bridgehead atoms. The summed E-state index contributed by atoms with van der Waals surface area (Å²) in [6.45, 7) is 0. The molecule has 0 unspecified atom stereocenters. The number of pyridine rings is 1. The third kappa shape index (κ3) is 1.29. The van der Waals surface area contributed by atoms with Gasteiger partial charge in [0.2, 0.25) is 0 Å². The maximum atomic E-state index is 11.3. The van der Waals surface area contributed by atoms with Gasteiger partial charge < -0.3 is 9.72 Å². The van der Waals surface area contributed by atoms with Crippen molar-refractivity contribution in [3.05, 3.63) is 28.6 Å². The van der Waals surface area contributed by atoms with Gasteiger partial charge in [-0.1, -0.05) is 0 Å². The van der Waals surface area contributed by atoms with Gasteiger partial charge in [-0.3, -0.25) is 4.98 Å². The fourth-order valence-corrected chi connectivity index (χ4v) is 1.82. The van der Waals surface area contributed by atoms with Gasteiger partial charge in [-0.2, -0.15) is 0 Å². The molecule has 14 heavy (non-hydrogen) atoms. The topological polar surface area (TPSA) is 55.0 Å². The number of carbonyl (C=O) groups excluding carboxylic acids is 1. The molecule has 0 saturated carbocycles. The summed E-state index contributed by atoms with van der Waals surface area (Å²) >= 11 is 3.32. The van der Waals surface area contributed by atoms with Crippen LogP contribution in [0.15, 0.2) is 22.9 Å². The highest BCUT2D eigenvalue weighted by atomic mass is 79.9. The first kappa shape index (κ1) is 9.21. The molecule has 0 saturated heterocycles. The highest BCUT2D eigenvalue weighted by Crippen LogP contribution is 2.27. The van der Waals surface area contributed by atoms with E-state index >= 15 is 0 Å². The fourth-order valence-electron chi connectivity index (χ4n) is 1.25. The van der Waals surface area contributed by atoms with E-state index in [1.54, 1.807) is 18.5 Å². The van der Waals surface area contributed by atoms with Gasteiger partial charge in [-0.15, -0.1) is 0 Å². The SMILES string of the molecule is COC(=O)c1[nH]c2ccncc2c1Br. The van der Waals surface area contributed by atoms with E-state index in [2.05, 4.69) is 30.6 Å². The van der Waals surface area contributed by atoms with E-state index in [1.165, 1.54) is 7.11 Å². The minimum absolute atomic E-state index is 0.395. The molecule has 2 aromatic heterocycles. The molecule has 0 atom stereocenters. The zero-order valence-electron chi connectivity index (χ0n) is 7.37. The Labute approximate surface area is 88.4 Å². The standard InChI is InChI=1S/C9H7BrN2O2/c1-14-9(13)8-7(10)5-4-11-3-2-6(5)12-8/h2-4,12H,1H3. The van der Waals surface area contributed by atoms with E-state index in [-0.39, 0.29) is 0 Å². The van der Waals surface area contributed by atoms with Crippen LogP contribution in [0.2, 0.25) is 0 Å². The van der Waals surface area contributed by atoms with Crippen LogP contribution in [-0.4, -0.2) is 23.0 Å². The summed E-state index contributed by atoms with van der Waals surface area (Å²) in [4.78, 5) is 18.2. The predicted molar refractivity (Wildman–Crippen MR) is 55.1 cm³/mol. The lowest BCUT2D eigenvalue weighted by molar-refractivity contribution is 0.0594. The number of esters is 1. The highest BCUT2D eigenvalue weighted by Gasteiger charge is 2.15. The third-order valence-corrected chi connectivity index (χ3v) is 2.75. The summed E-state index contributed by atoms with van der Waals surface area (Å²) in [5.41, 5.74) is 1.27. The molecule has 4 nitrogen and oxygen atoms in total. The average Bonchev–Trinajstić information content (AvgIpc) is 2.56. The van der Waals surface area contributed by atoms with Crippen LogP contribution in [0.1, 0.15) is 10.5 Å². The van der Waals surface area contributed by atoms with Gasteiger partial charge in [0.15, 0.2) is 0 Å². The van der Waals surface area contributed by atoms with Crippen molar-refractivity contribution in [1.29, 1.82) is 0 Å². The molecule has 0 spiro atoms. The fraction of sp³-hybridized carbons (Fsp3) is 0.111. The van der Waals surface area contributed by atoms with E-state index in [4.69, 9.17) is 0 Å². The van der Waals surface area contributed by atoms with Gasteiger partial charge in [0.25, 0.3) is 0 Å². The van der Waals surface area contributed by atoms with Gasteiger partial charge in [-0.05, 0) is 22.0 Å². The quantitative estimate of drug-likeness (QED) is 0.794. The average molecular weight is 255 g/mol. The summed E-state index contributed by atoms with van der Waals surface area (Å²) in [6, 6.07) is 1.80. The van der Waals surface area contributed by atoms with Crippen LogP contribution in [0.5, 0.6) is 0 Å². The van der Waals surface area contributed by atoms with E-state index in [0.717, 1.165) is 10.9 Å². The summed E-state index contributed by atoms with van der Waals surface area (Å²) in [7, 11) is 1.35. The molecular formula is C9H7BrN2O2. The number of fused-ring (bicyclic) bond motifs is 1. The number of hydrogen-bond donors (Lipinski definition) is 1. The first-order valence-corrected chi connectivity index (χ1v) is 4.73. The van der Waals surface area contributed by atoms with Crippen molar-refractivity contribution in [2.75, 3.05) is 7.11 Å². The van der Waals surface area contributed by atoms with Crippen molar-refractivity contribution in [2.45, 2.75) is 0 Å². The molecule has 2 heterocycles. The van der Waals surface area contributed by atoms with Crippen molar-refractivity contribution in [2.24, 2.45) is 0 Å². The first-order valence-electron chi connectivity index (χ1n) is 3.93. The second-order valence-electron chi connectivity index (χ2n) is 2.73. The number of rotatable bonds is 1. The van der Waals surface area contributed by atoms with Crippen molar-refractivity contribution >= 4 is 32.8 Å². The minimum Gasteiger partial charge on any atom is -0.464 e. The number of nitrogens with one attached hydrogen (secondary N) is 1. The smallest absolute Gasteiger partial charge is 0.355 e. The maximum absolute atomic E-state index is 11.3. The number of carbonyl (C=O) groups is 1. The highest BCUT2D eigenvalue weighted by molar-refractivity contribution is 9.10. The molecule has 2 rings (SSSR count). The predicted octanol–water partition coefficient (Wildman–Crippen LogP) is 2.11. The van der Waals surface area contributed by atoms with Gasteiger partial charge in [0, 0.05) is 17.8 Å². The largest absolute Gasteiger partial charge is 0.464 e. The number of aromatic nitrogens is 2. The molecular weight excluding hydrogens is 248 g/mol. The van der Waals surface area contributed by atoms with Crippen LogP contribution in [0.25, 0.3) is 10.9 Å². The molecule has 0 aliphatic heterocycles. The molecule has 0 radical (unpaired) electrons. The normalized spacial score (nSPS) is 10.4. The molecule has 5 heteroatoms. The minimum atomic E-state index is -0.395. The molecule has 1 N–H and O–H groups in total. The number of halogens is 1. The van der Waals surface area contributed by atoms with Crippen molar-refractivity contribution in [3.8, 4) is 0 Å². The molecule has 72 valence electrons. The van der Waals surface area contributed by atoms with Gasteiger partial charge in [0.1, 0.15) is 5.69 Å². The van der Waals surface area contributed by atoms with Crippen LogP contribution < -0.4 is 0 Å². The number of ether oxygens (including phenoxy) is 1. The Morgan fingerprint density at radius 1 is 1.64 bits per heavy atom. The van der Waals surface area contributed by atoms with Crippen molar-refractivity contribution in [1.82, 2.24) is 9.97 Å². The second kappa shape index (κ2) is 3.42. The van der Waals surface area contributed by atoms with Crippen molar-refractivity contribution in [3.63, 3.8) is 0 Å². The maximum Gasteiger partial charge on any atom is 0.355 e. The van der Waals surface area contributed by atoms with E-state index in [0.29, 0.717) is 10.2 Å². The lowest BCUT2D eigenvalue weighted by Crippen LogP contribution is -2.01. The number of H-pyrrole nitrogens is 1. The summed E-state index contributed by atoms with van der Waals surface area (Å²) in [5.74, 6) is -0.395. The second-order valence-corrected chi connectivity index (χ2v) is 3.52. The number of nitrogens with zero attached hydrogens (tertiary/aromatic N) is 1. The molecule has 0 fully saturated rings. The number of methoxy groups -OCH3 is 1. The molecule has 0 aliphatic rings. The lowest BCUT2D eigenvalue weighted by atomic mass is 10.3. The van der Waals surface area contributed by atoms with Crippen LogP contribution in [-0.2, 0) is 4.74 Å². The number of hydrogen-bond acceptors (Lipinski definition) is 3. The lowest BCUT2D eigenvalue weighted by Gasteiger charge is -1.94. The Morgan fingerprint density at radius 2 is 2.43 bits per heavy atom. The Kier molecular flexibility index (Phi) is 2.25. The zero-order valence-corrected chi connectivity index (χ0v) is 8.96. The van der Waals surface area contributed by atoms with Crippen LogP contribution in [0.4, 0.5) is 0 Å². The van der Waals surface area contributed by atoms with Crippen LogP contribution in [0.3, 0.4) is 0 Å². The van der Waals surface area contributed by atoms with E-state index in [9.17, 15) is 4.79 Å². The monoisotopic (exact) mass is 254 g/mol. The van der Waals surface area contributed by atoms with Gasteiger partial charge in [0.05, 0.1) is 17.1 Å². The zero-order chi connectivity index (χ0) is 10.1. The third-order valence-electron chi connectivity index (χ3n) is 1.93. The Balaban J connectivity index is 2.68. The molecule has 0 amide bonds. The molecule has 0 aliphatic carbocycles. The van der Waals surface area contributed by atoms with Gasteiger partial charge in [-0.25, -0.2) is 4.79 Å². The summed E-state index contributed by atoms with van der Waals surface area (Å²) < 4.78 is 5.31. The molecule has 2 aromatic rings. The molecule has 0 aromatic carbocycles. The van der Waals surface area contributed by atoms with E-state index < -0.39 is 5.97 Å². The van der Waals surface area contributed by atoms with Gasteiger partial charge >= 0.3 is 5.97 Å². The first-order chi connectivity index (χ1) is 6.74. The van der Waals surface area contributed by atoms with Crippen LogP contribution in [0, 0.1) is 0 Å². The Bertz CT molecular complexity index is 493. The summed E-state index contributed by atoms with van der Waals surface area (Å²) in [6.07, 6.45) is 3.34. The van der Waals surface area contributed by atoms with Crippen LogP contribution >= 0.6 is 15.9 Å². The number of aromatic amines is 1. The van der Waals surface area contributed by atoms with Crippen molar-refractivity contribution < 1.29 is 9.53 Å². The Hall–Kier alpha value is -1.36. The van der Waals surface area contributed by atoms with E-state index in [1.807, 2.05) is 0 Å². The summed E-state index contributed by atoms with van der Waals surface area (Å²) in [5, 5.41) is 0.868. The Morgan fingerprint density at radius 3 is 3.07 bits per heavy atom.